The van der Waals surface area contributed by atoms with Crippen LogP contribution >= 0.6 is 11.6 Å². The molecule has 0 atom stereocenters. The van der Waals surface area contributed by atoms with E-state index in [1.807, 2.05) is 72.8 Å². The lowest BCUT2D eigenvalue weighted by Gasteiger charge is -1.99. The first-order valence-corrected chi connectivity index (χ1v) is 10.9. The summed E-state index contributed by atoms with van der Waals surface area (Å²) in [5, 5.41) is 2.98. The number of oxazole rings is 1. The van der Waals surface area contributed by atoms with Crippen LogP contribution in [0.2, 0.25) is 5.02 Å². The maximum atomic E-state index is 6.26. The highest BCUT2D eigenvalue weighted by atomic mass is 35.5. The van der Waals surface area contributed by atoms with Crippen molar-refractivity contribution in [1.82, 2.24) is 4.98 Å². The number of benzene rings is 4. The number of aromatic nitrogens is 1. The van der Waals surface area contributed by atoms with Gasteiger partial charge >= 0.3 is 0 Å². The molecular weight excluding hydrogens is 432 g/mol. The zero-order valence-electron chi connectivity index (χ0n) is 17.4. The molecule has 0 aliphatic rings. The van der Waals surface area contributed by atoms with Crippen molar-refractivity contribution in [1.29, 1.82) is 0 Å². The van der Waals surface area contributed by atoms with E-state index in [0.717, 1.165) is 33.3 Å². The molecule has 5 heteroatoms. The van der Waals surface area contributed by atoms with Crippen molar-refractivity contribution in [3.05, 3.63) is 108 Å². The first-order valence-electron chi connectivity index (χ1n) is 10.5. The molecule has 0 amide bonds. The molecule has 0 bridgehead atoms. The molecule has 158 valence electrons. The molecule has 4 nitrogen and oxygen atoms in total. The summed E-state index contributed by atoms with van der Waals surface area (Å²) in [6, 6.07) is 31.4. The molecule has 2 heterocycles. The van der Waals surface area contributed by atoms with Gasteiger partial charge in [0.05, 0.1) is 16.9 Å². The van der Waals surface area contributed by atoms with Crippen LogP contribution < -0.4 is 0 Å². The normalized spacial score (nSPS) is 11.7. The molecule has 0 aliphatic heterocycles. The quantitative estimate of drug-likeness (QED) is 0.255. The van der Waals surface area contributed by atoms with E-state index >= 15 is 0 Å². The predicted octanol–water partition coefficient (Wildman–Crippen LogP) is 8.31. The van der Waals surface area contributed by atoms with Gasteiger partial charge in [0, 0.05) is 11.1 Å². The maximum absolute atomic E-state index is 6.26. The summed E-state index contributed by atoms with van der Waals surface area (Å²) in [5.41, 5.74) is 4.03. The SMILES string of the molecule is Clc1ccccc1-c1ccc(C=Nc2ccc3oc(-c4ccc5ccccc5c4)nc3c2)o1. The van der Waals surface area contributed by atoms with E-state index in [9.17, 15) is 0 Å². The molecule has 0 N–H and O–H groups in total. The Bertz CT molecular complexity index is 1640. The van der Waals surface area contributed by atoms with Crippen molar-refractivity contribution in [3.63, 3.8) is 0 Å². The van der Waals surface area contributed by atoms with E-state index in [1.165, 1.54) is 5.39 Å². The van der Waals surface area contributed by atoms with Crippen LogP contribution in [0.3, 0.4) is 0 Å². The number of hydrogen-bond donors (Lipinski definition) is 0. The van der Waals surface area contributed by atoms with E-state index in [-0.39, 0.29) is 0 Å². The van der Waals surface area contributed by atoms with Crippen molar-refractivity contribution in [2.75, 3.05) is 0 Å². The van der Waals surface area contributed by atoms with Gasteiger partial charge in [0.15, 0.2) is 5.58 Å². The Labute approximate surface area is 194 Å². The number of rotatable bonds is 4. The number of nitrogens with zero attached hydrogens (tertiary/aromatic N) is 2. The highest BCUT2D eigenvalue weighted by Crippen LogP contribution is 2.30. The van der Waals surface area contributed by atoms with E-state index in [1.54, 1.807) is 6.21 Å². The Morgan fingerprint density at radius 1 is 0.758 bits per heavy atom. The number of halogens is 1. The van der Waals surface area contributed by atoms with Crippen LogP contribution in [0.1, 0.15) is 5.76 Å². The third-order valence-electron chi connectivity index (χ3n) is 5.47. The Hall–Kier alpha value is -4.15. The summed E-state index contributed by atoms with van der Waals surface area (Å²) in [4.78, 5) is 9.23. The van der Waals surface area contributed by atoms with E-state index in [2.05, 4.69) is 34.2 Å². The Morgan fingerprint density at radius 3 is 2.52 bits per heavy atom. The smallest absolute Gasteiger partial charge is 0.227 e. The van der Waals surface area contributed by atoms with Crippen molar-refractivity contribution < 1.29 is 8.83 Å². The predicted molar refractivity (Wildman–Crippen MR) is 133 cm³/mol. The average molecular weight is 449 g/mol. The van der Waals surface area contributed by atoms with Gasteiger partial charge in [-0.25, -0.2) is 4.98 Å². The van der Waals surface area contributed by atoms with Crippen LogP contribution in [0.15, 0.2) is 111 Å². The van der Waals surface area contributed by atoms with Gasteiger partial charge in [-0.1, -0.05) is 54.1 Å². The minimum Gasteiger partial charge on any atom is -0.455 e. The lowest BCUT2D eigenvalue weighted by molar-refractivity contribution is 0.575. The minimum absolute atomic E-state index is 0.590. The molecular formula is C28H17ClN2O2. The molecule has 4 aromatic carbocycles. The van der Waals surface area contributed by atoms with Gasteiger partial charge in [-0.05, 0) is 65.4 Å². The fraction of sp³-hybridized carbons (Fsp3) is 0. The largest absolute Gasteiger partial charge is 0.455 e. The Kier molecular flexibility index (Phi) is 4.78. The molecule has 0 saturated carbocycles. The zero-order valence-corrected chi connectivity index (χ0v) is 18.2. The molecule has 0 aliphatic carbocycles. The molecule has 0 spiro atoms. The molecule has 0 fully saturated rings. The second-order valence-corrected chi connectivity index (χ2v) is 8.08. The summed E-state index contributed by atoms with van der Waals surface area (Å²) in [7, 11) is 0. The first kappa shape index (κ1) is 19.5. The lowest BCUT2D eigenvalue weighted by atomic mass is 10.1. The van der Waals surface area contributed by atoms with Crippen molar-refractivity contribution in [3.8, 4) is 22.8 Å². The summed E-state index contributed by atoms with van der Waals surface area (Å²) >= 11 is 6.26. The second kappa shape index (κ2) is 8.08. The number of aliphatic imine (C=N–C) groups is 1. The molecule has 2 aromatic heterocycles. The van der Waals surface area contributed by atoms with Gasteiger partial charge in [0.2, 0.25) is 5.89 Å². The molecule has 33 heavy (non-hydrogen) atoms. The Balaban J connectivity index is 1.27. The summed E-state index contributed by atoms with van der Waals surface area (Å²) < 4.78 is 11.9. The van der Waals surface area contributed by atoms with Crippen molar-refractivity contribution in [2.24, 2.45) is 4.99 Å². The van der Waals surface area contributed by atoms with Crippen LogP contribution in [0, 0.1) is 0 Å². The fourth-order valence-electron chi connectivity index (χ4n) is 3.81. The van der Waals surface area contributed by atoms with E-state index in [4.69, 9.17) is 20.4 Å². The fourth-order valence-corrected chi connectivity index (χ4v) is 4.04. The maximum Gasteiger partial charge on any atom is 0.227 e. The molecule has 6 aromatic rings. The van der Waals surface area contributed by atoms with Crippen LogP contribution in [0.25, 0.3) is 44.7 Å². The lowest BCUT2D eigenvalue weighted by Crippen LogP contribution is -1.78. The number of hydrogen-bond acceptors (Lipinski definition) is 4. The minimum atomic E-state index is 0.590. The number of furan rings is 1. The zero-order chi connectivity index (χ0) is 22.2. The van der Waals surface area contributed by atoms with E-state index < -0.39 is 0 Å². The topological polar surface area (TPSA) is 51.5 Å². The summed E-state index contributed by atoms with van der Waals surface area (Å²) in [6.07, 6.45) is 1.69. The third kappa shape index (κ3) is 3.81. The van der Waals surface area contributed by atoms with Gasteiger partial charge in [-0.15, -0.1) is 0 Å². The van der Waals surface area contributed by atoms with Gasteiger partial charge in [0.25, 0.3) is 0 Å². The summed E-state index contributed by atoms with van der Waals surface area (Å²) in [5.74, 6) is 1.93. The van der Waals surface area contributed by atoms with Crippen LogP contribution in [-0.2, 0) is 0 Å². The standard InChI is InChI=1S/C28H17ClN2O2/c29-24-8-4-3-7-23(24)26-14-12-22(32-26)17-30-21-11-13-27-25(16-21)31-28(33-27)20-10-9-18-5-1-2-6-19(18)15-20/h1-17H. The number of fused-ring (bicyclic) bond motifs is 2. The van der Waals surface area contributed by atoms with E-state index in [0.29, 0.717) is 22.4 Å². The van der Waals surface area contributed by atoms with Gasteiger partial charge in [-0.2, -0.15) is 0 Å². The molecule has 0 unspecified atom stereocenters. The average Bonchev–Trinajstić information content (AvgIpc) is 3.49. The monoisotopic (exact) mass is 448 g/mol. The highest BCUT2D eigenvalue weighted by molar-refractivity contribution is 6.33. The Morgan fingerprint density at radius 2 is 1.61 bits per heavy atom. The van der Waals surface area contributed by atoms with Crippen molar-refractivity contribution >= 4 is 45.4 Å². The third-order valence-corrected chi connectivity index (χ3v) is 5.80. The second-order valence-electron chi connectivity index (χ2n) is 7.67. The van der Waals surface area contributed by atoms with Crippen molar-refractivity contribution in [2.45, 2.75) is 0 Å². The summed E-state index contributed by atoms with van der Waals surface area (Å²) in [6.45, 7) is 0. The highest BCUT2D eigenvalue weighted by Gasteiger charge is 2.10. The van der Waals surface area contributed by atoms with Gasteiger partial charge in [0.1, 0.15) is 17.0 Å². The van der Waals surface area contributed by atoms with Crippen LogP contribution in [-0.4, -0.2) is 11.2 Å². The molecule has 0 saturated heterocycles. The first-order chi connectivity index (χ1) is 16.2. The van der Waals surface area contributed by atoms with Gasteiger partial charge in [-0.3, -0.25) is 4.99 Å². The van der Waals surface area contributed by atoms with Crippen LogP contribution in [0.5, 0.6) is 0 Å². The molecule has 0 radical (unpaired) electrons. The van der Waals surface area contributed by atoms with Crippen LogP contribution in [0.4, 0.5) is 5.69 Å². The van der Waals surface area contributed by atoms with Gasteiger partial charge < -0.3 is 8.83 Å². The molecule has 6 rings (SSSR count).